The van der Waals surface area contributed by atoms with Gasteiger partial charge in [0.2, 0.25) is 5.91 Å². The van der Waals surface area contributed by atoms with Gasteiger partial charge in [0.1, 0.15) is 0 Å². The monoisotopic (exact) mass is 342 g/mol. The smallest absolute Gasteiger partial charge is 0.225 e. The molecule has 0 aromatic heterocycles. The molecular formula is C19H26N4O2. The third-order valence-electron chi connectivity index (χ3n) is 5.95. The fourth-order valence-electron chi connectivity index (χ4n) is 4.41. The summed E-state index contributed by atoms with van der Waals surface area (Å²) >= 11 is 0. The van der Waals surface area contributed by atoms with Crippen molar-refractivity contribution < 1.29 is 9.59 Å². The average molecular weight is 342 g/mol. The van der Waals surface area contributed by atoms with Crippen molar-refractivity contribution in [1.82, 2.24) is 21.3 Å². The first kappa shape index (κ1) is 16.7. The normalized spacial score (nSPS) is 30.1. The number of carbonyl (C=O) groups is 2. The minimum Gasteiger partial charge on any atom is -0.342 e. The van der Waals surface area contributed by atoms with Crippen molar-refractivity contribution in [1.29, 1.82) is 0 Å². The van der Waals surface area contributed by atoms with E-state index in [1.54, 1.807) is 0 Å². The molecule has 1 aromatic rings. The number of hydrogen-bond donors (Lipinski definition) is 3. The Morgan fingerprint density at radius 2 is 1.60 bits per heavy atom. The number of hydrogen-bond acceptors (Lipinski definition) is 5. The van der Waals surface area contributed by atoms with Crippen LogP contribution in [0.5, 0.6) is 0 Å². The van der Waals surface area contributed by atoms with Crippen molar-refractivity contribution in [2.75, 3.05) is 13.1 Å². The predicted molar refractivity (Wildman–Crippen MR) is 94.4 cm³/mol. The second kappa shape index (κ2) is 7.23. The summed E-state index contributed by atoms with van der Waals surface area (Å²) in [7, 11) is 0. The highest BCUT2D eigenvalue weighted by molar-refractivity contribution is 5.98. The Morgan fingerprint density at radius 1 is 0.880 bits per heavy atom. The summed E-state index contributed by atoms with van der Waals surface area (Å²) < 4.78 is 0. The van der Waals surface area contributed by atoms with E-state index in [0.29, 0.717) is 25.2 Å². The molecule has 1 aliphatic carbocycles. The van der Waals surface area contributed by atoms with Crippen LogP contribution in [0.3, 0.4) is 0 Å². The largest absolute Gasteiger partial charge is 0.342 e. The molecule has 3 unspecified atom stereocenters. The molecule has 4 rings (SSSR count). The van der Waals surface area contributed by atoms with Crippen molar-refractivity contribution in [3.05, 3.63) is 35.9 Å². The first-order valence-electron chi connectivity index (χ1n) is 9.36. The van der Waals surface area contributed by atoms with Crippen LogP contribution in [0.25, 0.3) is 0 Å². The zero-order valence-electron chi connectivity index (χ0n) is 14.4. The van der Waals surface area contributed by atoms with Crippen molar-refractivity contribution in [3.63, 3.8) is 0 Å². The van der Waals surface area contributed by atoms with Gasteiger partial charge in [-0.3, -0.25) is 9.59 Å². The first-order valence-corrected chi connectivity index (χ1v) is 9.36. The Morgan fingerprint density at radius 3 is 2.36 bits per heavy atom. The number of rotatable bonds is 3. The minimum atomic E-state index is 0.0482. The molecule has 3 N–H and O–H groups in total. The molecule has 1 amide bonds. The molecule has 0 spiro atoms. The molecule has 134 valence electrons. The molecule has 0 bridgehead atoms. The average Bonchev–Trinajstić information content (AvgIpc) is 3.15. The van der Waals surface area contributed by atoms with Crippen molar-refractivity contribution >= 4 is 11.7 Å². The summed E-state index contributed by atoms with van der Waals surface area (Å²) in [5, 5.41) is 0. The Hall–Kier alpha value is -1.76. The van der Waals surface area contributed by atoms with Gasteiger partial charge in [0.25, 0.3) is 0 Å². The van der Waals surface area contributed by atoms with Crippen LogP contribution >= 0.6 is 0 Å². The van der Waals surface area contributed by atoms with E-state index in [-0.39, 0.29) is 23.5 Å². The maximum absolute atomic E-state index is 12.9. The summed E-state index contributed by atoms with van der Waals surface area (Å²) in [4.78, 5) is 27.4. The van der Waals surface area contributed by atoms with Gasteiger partial charge in [-0.2, -0.15) is 5.53 Å². The van der Waals surface area contributed by atoms with Crippen molar-refractivity contribution in [2.24, 2.45) is 11.8 Å². The summed E-state index contributed by atoms with van der Waals surface area (Å²) in [5.41, 5.74) is 10.2. The van der Waals surface area contributed by atoms with Gasteiger partial charge in [-0.05, 0) is 32.1 Å². The number of likely N-dealkylation sites (tertiary alicyclic amines) is 1. The number of nitrogens with zero attached hydrogens (tertiary/aromatic N) is 1. The second-order valence-electron chi connectivity index (χ2n) is 7.47. The third kappa shape index (κ3) is 3.47. The number of fused-ring (bicyclic) bond motifs is 1. The van der Waals surface area contributed by atoms with Gasteiger partial charge in [0.15, 0.2) is 5.78 Å². The summed E-state index contributed by atoms with van der Waals surface area (Å²) in [5.74, 6) is 0.655. The highest BCUT2D eigenvalue weighted by Crippen LogP contribution is 2.29. The van der Waals surface area contributed by atoms with E-state index in [1.165, 1.54) is 0 Å². The number of amides is 1. The molecule has 3 fully saturated rings. The second-order valence-corrected chi connectivity index (χ2v) is 7.47. The highest BCUT2D eigenvalue weighted by atomic mass is 16.2. The van der Waals surface area contributed by atoms with Crippen molar-refractivity contribution in [2.45, 2.75) is 44.2 Å². The molecular weight excluding hydrogens is 316 g/mol. The summed E-state index contributed by atoms with van der Waals surface area (Å²) in [6.45, 7) is 1.41. The van der Waals surface area contributed by atoms with Crippen LogP contribution in [0, 0.1) is 11.8 Å². The topological polar surface area (TPSA) is 73.5 Å². The van der Waals surface area contributed by atoms with E-state index in [0.717, 1.165) is 37.7 Å². The first-order chi connectivity index (χ1) is 12.2. The van der Waals surface area contributed by atoms with E-state index in [4.69, 9.17) is 0 Å². The van der Waals surface area contributed by atoms with Gasteiger partial charge in [-0.15, -0.1) is 0 Å². The van der Waals surface area contributed by atoms with E-state index >= 15 is 0 Å². The highest BCUT2D eigenvalue weighted by Gasteiger charge is 2.39. The maximum Gasteiger partial charge on any atom is 0.225 e. The molecule has 1 saturated carbocycles. The van der Waals surface area contributed by atoms with Crippen LogP contribution in [0.15, 0.2) is 30.3 Å². The lowest BCUT2D eigenvalue weighted by Gasteiger charge is -2.36. The lowest BCUT2D eigenvalue weighted by atomic mass is 9.81. The minimum absolute atomic E-state index is 0.0482. The standard InChI is InChI=1S/C19H26N4O2/c24-18(13-4-2-1-3-5-13)14-8-10-23(11-9-14)19(25)15-6-7-16-17(12-15)21-22-20-16/h1-5,14-17,20-22H,6-12H2. The number of ketones is 1. The fourth-order valence-corrected chi connectivity index (χ4v) is 4.41. The van der Waals surface area contributed by atoms with Crippen LogP contribution < -0.4 is 16.4 Å². The summed E-state index contributed by atoms with van der Waals surface area (Å²) in [6.07, 6.45) is 4.40. The van der Waals surface area contributed by atoms with Gasteiger partial charge in [0, 0.05) is 42.6 Å². The lowest BCUT2D eigenvalue weighted by molar-refractivity contribution is -0.138. The van der Waals surface area contributed by atoms with Crippen LogP contribution in [0.2, 0.25) is 0 Å². The maximum atomic E-state index is 12.9. The number of Topliss-reactive ketones (excluding diaryl/α,β-unsaturated/α-hetero) is 1. The number of carbonyl (C=O) groups excluding carboxylic acids is 2. The summed E-state index contributed by atoms with van der Waals surface area (Å²) in [6, 6.07) is 10.3. The van der Waals surface area contributed by atoms with Crippen LogP contribution in [-0.2, 0) is 4.79 Å². The number of hydrazine groups is 2. The zero-order chi connectivity index (χ0) is 17.2. The molecule has 2 aliphatic heterocycles. The molecule has 6 heteroatoms. The van der Waals surface area contributed by atoms with Crippen molar-refractivity contribution in [3.8, 4) is 0 Å². The third-order valence-corrected chi connectivity index (χ3v) is 5.95. The molecule has 1 aromatic carbocycles. The number of nitrogens with one attached hydrogen (secondary N) is 3. The van der Waals surface area contributed by atoms with E-state index in [2.05, 4.69) is 16.4 Å². The molecule has 3 atom stereocenters. The predicted octanol–water partition coefficient (Wildman–Crippen LogP) is 1.26. The van der Waals surface area contributed by atoms with Gasteiger partial charge in [0.05, 0.1) is 0 Å². The molecule has 0 radical (unpaired) electrons. The molecule has 2 heterocycles. The van der Waals surface area contributed by atoms with Crippen LogP contribution in [0.1, 0.15) is 42.5 Å². The number of piperidine rings is 1. The lowest BCUT2D eigenvalue weighted by Crippen LogP contribution is -2.48. The van der Waals surface area contributed by atoms with Crippen LogP contribution in [0.4, 0.5) is 0 Å². The Labute approximate surface area is 148 Å². The number of benzene rings is 1. The van der Waals surface area contributed by atoms with E-state index in [1.807, 2.05) is 35.2 Å². The quantitative estimate of drug-likeness (QED) is 0.721. The molecule has 25 heavy (non-hydrogen) atoms. The Kier molecular flexibility index (Phi) is 4.83. The van der Waals surface area contributed by atoms with Gasteiger partial charge >= 0.3 is 0 Å². The molecule has 6 nitrogen and oxygen atoms in total. The fraction of sp³-hybridized carbons (Fsp3) is 0.579. The van der Waals surface area contributed by atoms with E-state index < -0.39 is 0 Å². The van der Waals surface area contributed by atoms with Gasteiger partial charge in [-0.1, -0.05) is 30.3 Å². The Bertz CT molecular complexity index is 628. The Balaban J connectivity index is 1.31. The van der Waals surface area contributed by atoms with Crippen LogP contribution in [-0.4, -0.2) is 41.8 Å². The molecule has 2 saturated heterocycles. The van der Waals surface area contributed by atoms with E-state index in [9.17, 15) is 9.59 Å². The van der Waals surface area contributed by atoms with Gasteiger partial charge < -0.3 is 4.90 Å². The zero-order valence-corrected chi connectivity index (χ0v) is 14.4. The SMILES string of the molecule is O=C(c1ccccc1)C1CCN(C(=O)C2CCC3NNNC3C2)CC1. The molecule has 3 aliphatic rings. The van der Waals surface area contributed by atoms with Gasteiger partial charge in [-0.25, -0.2) is 10.9 Å².